The van der Waals surface area contributed by atoms with Crippen molar-refractivity contribution in [2.45, 2.75) is 12.0 Å². The highest BCUT2D eigenvalue weighted by atomic mass is 32.2. The van der Waals surface area contributed by atoms with Crippen molar-refractivity contribution in [2.75, 3.05) is 12.5 Å². The van der Waals surface area contributed by atoms with Crippen LogP contribution in [0.5, 0.6) is 0 Å². The van der Waals surface area contributed by atoms with Gasteiger partial charge in [0.25, 0.3) is 0 Å². The zero-order valence-corrected chi connectivity index (χ0v) is 7.97. The van der Waals surface area contributed by atoms with Crippen molar-refractivity contribution < 1.29 is 19.1 Å². The minimum atomic E-state index is -1.05. The highest BCUT2D eigenvalue weighted by Crippen LogP contribution is 2.20. The highest BCUT2D eigenvalue weighted by molar-refractivity contribution is 7.99. The Balaban J connectivity index is 2.44. The monoisotopic (exact) mass is 202 g/mol. The Hall–Kier alpha value is -0.940. The van der Waals surface area contributed by atoms with Gasteiger partial charge in [-0.3, -0.25) is 0 Å². The van der Waals surface area contributed by atoms with E-state index in [1.165, 1.54) is 17.8 Å². The van der Waals surface area contributed by atoms with Gasteiger partial charge in [0.15, 0.2) is 5.09 Å². The number of hydrogen-bond acceptors (Lipinski definition) is 4. The van der Waals surface area contributed by atoms with Gasteiger partial charge in [-0.15, -0.1) is 0 Å². The second-order valence-corrected chi connectivity index (χ2v) is 3.11. The van der Waals surface area contributed by atoms with Crippen LogP contribution in [0.4, 0.5) is 0 Å². The van der Waals surface area contributed by atoms with Crippen LogP contribution in [0, 0.1) is 0 Å². The molecular formula is C8H10O4S. The number of carboxylic acids is 1. The van der Waals surface area contributed by atoms with E-state index in [-0.39, 0.29) is 5.76 Å². The maximum absolute atomic E-state index is 10.4. The summed E-state index contributed by atoms with van der Waals surface area (Å²) in [7, 11) is 0. The molecule has 0 atom stereocenters. The predicted molar refractivity (Wildman–Crippen MR) is 48.0 cm³/mol. The molecule has 1 N–H and O–H groups in total. The molecule has 72 valence electrons. The number of thioether (sulfide) groups is 1. The van der Waals surface area contributed by atoms with Gasteiger partial charge in [-0.05, 0) is 19.1 Å². The van der Waals surface area contributed by atoms with Gasteiger partial charge in [-0.25, -0.2) is 4.79 Å². The lowest BCUT2D eigenvalue weighted by atomic mass is 10.5. The molecule has 13 heavy (non-hydrogen) atoms. The van der Waals surface area contributed by atoms with Crippen molar-refractivity contribution in [2.24, 2.45) is 0 Å². The molecule has 5 heteroatoms. The minimum absolute atomic E-state index is 0.0426. The number of carboxylic acid groups (broad SMARTS) is 1. The standard InChI is InChI=1S/C8H10O4S/c1-2-11-5-13-7-4-3-6(12-7)8(9)10/h3-4H,2,5H2,1H3,(H,9,10). The Morgan fingerprint density at radius 1 is 1.69 bits per heavy atom. The molecule has 0 saturated carbocycles. The highest BCUT2D eigenvalue weighted by Gasteiger charge is 2.08. The molecule has 0 fully saturated rings. The third kappa shape index (κ3) is 3.12. The van der Waals surface area contributed by atoms with Crippen molar-refractivity contribution in [3.63, 3.8) is 0 Å². The number of rotatable bonds is 5. The van der Waals surface area contributed by atoms with E-state index < -0.39 is 5.97 Å². The summed E-state index contributed by atoms with van der Waals surface area (Å²) in [6.45, 7) is 2.53. The van der Waals surface area contributed by atoms with Crippen LogP contribution in [0.15, 0.2) is 21.6 Å². The van der Waals surface area contributed by atoms with Crippen LogP contribution in [0.2, 0.25) is 0 Å². The Morgan fingerprint density at radius 3 is 3.00 bits per heavy atom. The first-order valence-electron chi connectivity index (χ1n) is 3.77. The Labute approximate surface area is 79.9 Å². The molecule has 0 spiro atoms. The van der Waals surface area contributed by atoms with Gasteiger partial charge in [0.1, 0.15) is 0 Å². The maximum atomic E-state index is 10.4. The van der Waals surface area contributed by atoms with Crippen molar-refractivity contribution in [3.05, 3.63) is 17.9 Å². The summed E-state index contributed by atoms with van der Waals surface area (Å²) in [4.78, 5) is 10.4. The van der Waals surface area contributed by atoms with E-state index in [0.29, 0.717) is 17.6 Å². The van der Waals surface area contributed by atoms with E-state index >= 15 is 0 Å². The molecule has 0 saturated heterocycles. The van der Waals surface area contributed by atoms with Crippen LogP contribution in [0.3, 0.4) is 0 Å². The quantitative estimate of drug-likeness (QED) is 0.450. The lowest BCUT2D eigenvalue weighted by Crippen LogP contribution is -1.91. The second kappa shape index (κ2) is 4.94. The van der Waals surface area contributed by atoms with E-state index in [1.54, 1.807) is 6.07 Å². The molecule has 1 aromatic heterocycles. The number of ether oxygens (including phenoxy) is 1. The Morgan fingerprint density at radius 2 is 2.46 bits per heavy atom. The Bertz CT molecular complexity index is 281. The first-order chi connectivity index (χ1) is 6.24. The molecule has 0 radical (unpaired) electrons. The fraction of sp³-hybridized carbons (Fsp3) is 0.375. The topological polar surface area (TPSA) is 59.7 Å². The largest absolute Gasteiger partial charge is 0.475 e. The van der Waals surface area contributed by atoms with Gasteiger partial charge in [0.2, 0.25) is 5.76 Å². The smallest absolute Gasteiger partial charge is 0.371 e. The molecule has 0 bridgehead atoms. The summed E-state index contributed by atoms with van der Waals surface area (Å²) in [6.07, 6.45) is 0. The summed E-state index contributed by atoms with van der Waals surface area (Å²) in [5.74, 6) is -0.620. The number of carbonyl (C=O) groups is 1. The fourth-order valence-corrected chi connectivity index (χ4v) is 1.37. The number of hydrogen-bond donors (Lipinski definition) is 1. The number of aromatic carboxylic acids is 1. The zero-order valence-electron chi connectivity index (χ0n) is 7.15. The van der Waals surface area contributed by atoms with Crippen LogP contribution >= 0.6 is 11.8 Å². The zero-order chi connectivity index (χ0) is 9.68. The first-order valence-corrected chi connectivity index (χ1v) is 4.76. The van der Waals surface area contributed by atoms with Crippen LogP contribution < -0.4 is 0 Å². The molecule has 0 amide bonds. The van der Waals surface area contributed by atoms with Crippen molar-refractivity contribution in [1.29, 1.82) is 0 Å². The lowest BCUT2D eigenvalue weighted by Gasteiger charge is -1.96. The third-order valence-electron chi connectivity index (χ3n) is 1.28. The Kier molecular flexibility index (Phi) is 3.85. The second-order valence-electron chi connectivity index (χ2n) is 2.18. The number of furan rings is 1. The molecule has 0 unspecified atom stereocenters. The normalized spacial score (nSPS) is 10.2. The molecule has 1 aromatic rings. The van der Waals surface area contributed by atoms with Crippen LogP contribution in [0.1, 0.15) is 17.5 Å². The van der Waals surface area contributed by atoms with Crippen LogP contribution in [-0.2, 0) is 4.74 Å². The predicted octanol–water partition coefficient (Wildman–Crippen LogP) is 2.06. The van der Waals surface area contributed by atoms with E-state index in [1.807, 2.05) is 6.92 Å². The van der Waals surface area contributed by atoms with E-state index in [2.05, 4.69) is 0 Å². The van der Waals surface area contributed by atoms with Crippen LogP contribution in [-0.4, -0.2) is 23.6 Å². The van der Waals surface area contributed by atoms with Gasteiger partial charge in [-0.1, -0.05) is 11.8 Å². The average molecular weight is 202 g/mol. The molecule has 4 nitrogen and oxygen atoms in total. The van der Waals surface area contributed by atoms with Crippen molar-refractivity contribution in [1.82, 2.24) is 0 Å². The minimum Gasteiger partial charge on any atom is -0.475 e. The van der Waals surface area contributed by atoms with Crippen LogP contribution in [0.25, 0.3) is 0 Å². The van der Waals surface area contributed by atoms with Gasteiger partial charge in [0.05, 0.1) is 5.94 Å². The van der Waals surface area contributed by atoms with E-state index in [0.717, 1.165) is 0 Å². The maximum Gasteiger partial charge on any atom is 0.371 e. The summed E-state index contributed by atoms with van der Waals surface area (Å²) >= 11 is 1.33. The first kappa shape index (κ1) is 10.1. The summed E-state index contributed by atoms with van der Waals surface area (Å²) in [5, 5.41) is 9.10. The lowest BCUT2D eigenvalue weighted by molar-refractivity contribution is 0.0656. The molecule has 0 aromatic carbocycles. The van der Waals surface area contributed by atoms with Gasteiger partial charge >= 0.3 is 5.97 Å². The molecule has 0 aliphatic carbocycles. The molecular weight excluding hydrogens is 192 g/mol. The van der Waals surface area contributed by atoms with Gasteiger partial charge < -0.3 is 14.3 Å². The van der Waals surface area contributed by atoms with Crippen molar-refractivity contribution >= 4 is 17.7 Å². The summed E-state index contributed by atoms with van der Waals surface area (Å²) in [5.41, 5.74) is 0. The van der Waals surface area contributed by atoms with E-state index in [4.69, 9.17) is 14.3 Å². The molecule has 0 aliphatic rings. The van der Waals surface area contributed by atoms with Gasteiger partial charge in [-0.2, -0.15) is 0 Å². The molecule has 1 heterocycles. The fourth-order valence-electron chi connectivity index (χ4n) is 0.696. The molecule has 1 rings (SSSR count). The molecule has 0 aliphatic heterocycles. The third-order valence-corrected chi connectivity index (χ3v) is 2.07. The summed E-state index contributed by atoms with van der Waals surface area (Å²) in [6, 6.07) is 3.05. The SMILES string of the molecule is CCOCSc1ccc(C(=O)O)o1. The van der Waals surface area contributed by atoms with Crippen molar-refractivity contribution in [3.8, 4) is 0 Å². The summed E-state index contributed by atoms with van der Waals surface area (Å²) < 4.78 is 10.0. The van der Waals surface area contributed by atoms with Gasteiger partial charge in [0, 0.05) is 6.61 Å². The average Bonchev–Trinajstić information content (AvgIpc) is 2.53. The van der Waals surface area contributed by atoms with E-state index in [9.17, 15) is 4.79 Å².